The van der Waals surface area contributed by atoms with E-state index in [0.717, 1.165) is 11.3 Å². The quantitative estimate of drug-likeness (QED) is 0.859. The summed E-state index contributed by atoms with van der Waals surface area (Å²) in [6.07, 6.45) is 2.42. The lowest BCUT2D eigenvalue weighted by Gasteiger charge is -2.35. The van der Waals surface area contributed by atoms with E-state index in [1.54, 1.807) is 0 Å². The van der Waals surface area contributed by atoms with Crippen LogP contribution >= 0.6 is 0 Å². The number of rotatable bonds is 4. The number of hydrogen-bond donors (Lipinski definition) is 2. The highest BCUT2D eigenvalue weighted by Gasteiger charge is 2.20. The zero-order chi connectivity index (χ0) is 13.0. The Bertz CT molecular complexity index is 353. The number of nitrogens with one attached hydrogen (secondary N) is 1. The molecule has 0 aliphatic carbocycles. The van der Waals surface area contributed by atoms with Crippen molar-refractivity contribution >= 4 is 5.69 Å². The number of anilines is 1. The average molecular weight is 248 g/mol. The number of aliphatic hydroxyl groups excluding tert-OH is 1. The van der Waals surface area contributed by atoms with Gasteiger partial charge in [-0.25, -0.2) is 0 Å². The van der Waals surface area contributed by atoms with Gasteiger partial charge >= 0.3 is 0 Å². The van der Waals surface area contributed by atoms with Gasteiger partial charge in [-0.05, 0) is 44.4 Å². The van der Waals surface area contributed by atoms with Crippen LogP contribution in [0.15, 0.2) is 24.3 Å². The molecule has 0 spiro atoms. The first-order chi connectivity index (χ1) is 8.69. The van der Waals surface area contributed by atoms with E-state index in [2.05, 4.69) is 36.2 Å². The summed E-state index contributed by atoms with van der Waals surface area (Å²) in [6, 6.07) is 9.31. The Balaban J connectivity index is 1.83. The minimum Gasteiger partial charge on any atom is -0.392 e. The third kappa shape index (κ3) is 3.47. The Kier molecular flexibility index (Phi) is 4.61. The summed E-state index contributed by atoms with van der Waals surface area (Å²) in [6.45, 7) is 7.02. The third-order valence-electron chi connectivity index (χ3n) is 3.77. The van der Waals surface area contributed by atoms with Gasteiger partial charge in [0.1, 0.15) is 0 Å². The van der Waals surface area contributed by atoms with Gasteiger partial charge in [-0.2, -0.15) is 0 Å². The van der Waals surface area contributed by atoms with E-state index in [0.29, 0.717) is 12.1 Å². The van der Waals surface area contributed by atoms with Gasteiger partial charge in [0, 0.05) is 30.9 Å². The molecule has 0 unspecified atom stereocenters. The summed E-state index contributed by atoms with van der Waals surface area (Å²) >= 11 is 0. The smallest absolute Gasteiger partial charge is 0.0681 e. The Hall–Kier alpha value is -1.06. The highest BCUT2D eigenvalue weighted by atomic mass is 16.3. The van der Waals surface area contributed by atoms with Gasteiger partial charge in [-0.15, -0.1) is 0 Å². The molecule has 1 aliphatic rings. The number of piperidine rings is 1. The molecule has 2 rings (SSSR count). The summed E-state index contributed by atoms with van der Waals surface area (Å²) in [5.41, 5.74) is 2.13. The van der Waals surface area contributed by atoms with Gasteiger partial charge in [0.15, 0.2) is 0 Å². The summed E-state index contributed by atoms with van der Waals surface area (Å²) in [4.78, 5) is 2.53. The number of likely N-dealkylation sites (tertiary alicyclic amines) is 1. The van der Waals surface area contributed by atoms with Crippen LogP contribution in [-0.4, -0.2) is 35.2 Å². The number of benzene rings is 1. The predicted molar refractivity (Wildman–Crippen MR) is 75.7 cm³/mol. The maximum atomic E-state index is 9.01. The van der Waals surface area contributed by atoms with Crippen LogP contribution in [0.5, 0.6) is 0 Å². The Morgan fingerprint density at radius 2 is 1.83 bits per heavy atom. The van der Waals surface area contributed by atoms with Crippen molar-refractivity contribution < 1.29 is 5.11 Å². The lowest BCUT2D eigenvalue weighted by molar-refractivity contribution is 0.177. The molecule has 3 heteroatoms. The third-order valence-corrected chi connectivity index (χ3v) is 3.77. The second-order valence-corrected chi connectivity index (χ2v) is 5.40. The zero-order valence-corrected chi connectivity index (χ0v) is 11.4. The molecule has 0 amide bonds. The normalized spacial score (nSPS) is 18.2. The van der Waals surface area contributed by atoms with Crippen molar-refractivity contribution in [2.24, 2.45) is 0 Å². The van der Waals surface area contributed by atoms with Gasteiger partial charge in [0.25, 0.3) is 0 Å². The number of nitrogens with zero attached hydrogens (tertiary/aromatic N) is 1. The highest BCUT2D eigenvalue weighted by Crippen LogP contribution is 2.18. The molecule has 1 aliphatic heterocycles. The van der Waals surface area contributed by atoms with Crippen LogP contribution in [0.4, 0.5) is 5.69 Å². The van der Waals surface area contributed by atoms with Crippen molar-refractivity contribution in [1.82, 2.24) is 4.90 Å². The average Bonchev–Trinajstić information content (AvgIpc) is 2.40. The van der Waals surface area contributed by atoms with E-state index in [-0.39, 0.29) is 6.61 Å². The van der Waals surface area contributed by atoms with Crippen molar-refractivity contribution in [2.75, 3.05) is 18.4 Å². The van der Waals surface area contributed by atoms with Crippen LogP contribution in [0, 0.1) is 0 Å². The maximum absolute atomic E-state index is 9.01. The molecular formula is C15H24N2O. The van der Waals surface area contributed by atoms with E-state index in [9.17, 15) is 0 Å². The minimum absolute atomic E-state index is 0.118. The fourth-order valence-corrected chi connectivity index (χ4v) is 2.50. The topological polar surface area (TPSA) is 35.5 Å². The standard InChI is InChI=1S/C15H24N2O/c1-12(2)17-9-7-15(8-10-17)16-14-5-3-13(11-18)4-6-14/h3-6,12,15-16,18H,7-11H2,1-2H3. The summed E-state index contributed by atoms with van der Waals surface area (Å²) in [5, 5.41) is 12.6. The van der Waals surface area contributed by atoms with Crippen molar-refractivity contribution in [3.8, 4) is 0 Å². The molecule has 1 aromatic carbocycles. The van der Waals surface area contributed by atoms with E-state index in [1.165, 1.54) is 25.9 Å². The van der Waals surface area contributed by atoms with Crippen molar-refractivity contribution in [2.45, 2.75) is 45.4 Å². The van der Waals surface area contributed by atoms with Crippen LogP contribution in [0.25, 0.3) is 0 Å². The second kappa shape index (κ2) is 6.21. The maximum Gasteiger partial charge on any atom is 0.0681 e. The summed E-state index contributed by atoms with van der Waals surface area (Å²) in [7, 11) is 0. The first-order valence-electron chi connectivity index (χ1n) is 6.89. The van der Waals surface area contributed by atoms with Crippen LogP contribution in [0.3, 0.4) is 0 Å². The van der Waals surface area contributed by atoms with Crippen LogP contribution < -0.4 is 5.32 Å². The molecule has 100 valence electrons. The lowest BCUT2D eigenvalue weighted by Crippen LogP contribution is -2.42. The largest absolute Gasteiger partial charge is 0.392 e. The first kappa shape index (κ1) is 13.4. The molecule has 0 atom stereocenters. The van der Waals surface area contributed by atoms with Crippen molar-refractivity contribution in [3.63, 3.8) is 0 Å². The zero-order valence-electron chi connectivity index (χ0n) is 11.4. The van der Waals surface area contributed by atoms with Gasteiger partial charge in [-0.1, -0.05) is 12.1 Å². The van der Waals surface area contributed by atoms with E-state index in [1.807, 2.05) is 12.1 Å². The molecule has 1 heterocycles. The number of aliphatic hydroxyl groups is 1. The van der Waals surface area contributed by atoms with Gasteiger partial charge in [0.2, 0.25) is 0 Å². The second-order valence-electron chi connectivity index (χ2n) is 5.40. The Labute approximate surface area is 110 Å². The van der Waals surface area contributed by atoms with Gasteiger partial charge < -0.3 is 15.3 Å². The molecule has 1 fully saturated rings. The minimum atomic E-state index is 0.118. The van der Waals surface area contributed by atoms with Gasteiger partial charge in [-0.3, -0.25) is 0 Å². The van der Waals surface area contributed by atoms with Crippen LogP contribution in [0.2, 0.25) is 0 Å². The SMILES string of the molecule is CC(C)N1CCC(Nc2ccc(CO)cc2)CC1. The van der Waals surface area contributed by atoms with E-state index >= 15 is 0 Å². The summed E-state index contributed by atoms with van der Waals surface area (Å²) in [5.74, 6) is 0. The Morgan fingerprint density at radius 1 is 1.22 bits per heavy atom. The molecule has 0 aromatic heterocycles. The molecule has 3 nitrogen and oxygen atoms in total. The molecule has 1 saturated heterocycles. The fraction of sp³-hybridized carbons (Fsp3) is 0.600. The first-order valence-corrected chi connectivity index (χ1v) is 6.89. The molecular weight excluding hydrogens is 224 g/mol. The van der Waals surface area contributed by atoms with E-state index < -0.39 is 0 Å². The summed E-state index contributed by atoms with van der Waals surface area (Å²) < 4.78 is 0. The predicted octanol–water partition coefficient (Wildman–Crippen LogP) is 2.46. The fourth-order valence-electron chi connectivity index (χ4n) is 2.50. The molecule has 0 radical (unpaired) electrons. The molecule has 0 saturated carbocycles. The Morgan fingerprint density at radius 3 is 2.33 bits per heavy atom. The molecule has 2 N–H and O–H groups in total. The van der Waals surface area contributed by atoms with Crippen LogP contribution in [0.1, 0.15) is 32.3 Å². The lowest BCUT2D eigenvalue weighted by atomic mass is 10.0. The highest BCUT2D eigenvalue weighted by molar-refractivity contribution is 5.45. The monoisotopic (exact) mass is 248 g/mol. The molecule has 18 heavy (non-hydrogen) atoms. The van der Waals surface area contributed by atoms with Crippen molar-refractivity contribution in [1.29, 1.82) is 0 Å². The number of hydrogen-bond acceptors (Lipinski definition) is 3. The van der Waals surface area contributed by atoms with E-state index in [4.69, 9.17) is 5.11 Å². The molecule has 0 bridgehead atoms. The van der Waals surface area contributed by atoms with Gasteiger partial charge in [0.05, 0.1) is 6.61 Å². The van der Waals surface area contributed by atoms with Crippen LogP contribution in [-0.2, 0) is 6.61 Å². The molecule has 1 aromatic rings. The van der Waals surface area contributed by atoms with Crippen molar-refractivity contribution in [3.05, 3.63) is 29.8 Å².